The molecule has 2 bridgehead atoms. The molecular formula is C16H13ClN2O3. The summed E-state index contributed by atoms with van der Waals surface area (Å²) in [7, 11) is 1.63. The van der Waals surface area contributed by atoms with E-state index in [0.29, 0.717) is 10.7 Å². The summed E-state index contributed by atoms with van der Waals surface area (Å²) in [6.07, 6.45) is 1.63. The van der Waals surface area contributed by atoms with Crippen LogP contribution in [0.1, 0.15) is 0 Å². The van der Waals surface area contributed by atoms with Crippen molar-refractivity contribution in [3.63, 3.8) is 0 Å². The predicted octanol–water partition coefficient (Wildman–Crippen LogP) is 1.39. The van der Waals surface area contributed by atoms with Gasteiger partial charge in [-0.1, -0.05) is 35.9 Å². The van der Waals surface area contributed by atoms with Gasteiger partial charge in [0.25, 0.3) is 0 Å². The van der Waals surface area contributed by atoms with E-state index in [1.165, 1.54) is 9.80 Å². The summed E-state index contributed by atoms with van der Waals surface area (Å²) < 4.78 is 0. The average Bonchev–Trinajstić information content (AvgIpc) is 2.77. The number of para-hydroxylation sites is 1. The molecule has 2 saturated heterocycles. The number of halogens is 1. The van der Waals surface area contributed by atoms with Crippen LogP contribution >= 0.6 is 11.6 Å². The molecule has 1 aromatic rings. The van der Waals surface area contributed by atoms with Crippen LogP contribution in [0.15, 0.2) is 41.4 Å². The maximum atomic E-state index is 12.8. The van der Waals surface area contributed by atoms with Crippen LogP contribution in [0.25, 0.3) is 0 Å². The first-order valence-electron chi connectivity index (χ1n) is 7.09. The van der Waals surface area contributed by atoms with Crippen molar-refractivity contribution in [1.29, 1.82) is 0 Å². The van der Waals surface area contributed by atoms with E-state index in [9.17, 15) is 14.4 Å². The van der Waals surface area contributed by atoms with Gasteiger partial charge in [-0.15, -0.1) is 0 Å². The Morgan fingerprint density at radius 2 is 1.59 bits per heavy atom. The van der Waals surface area contributed by atoms with Crippen molar-refractivity contribution in [1.82, 2.24) is 4.90 Å². The molecule has 4 aliphatic rings. The van der Waals surface area contributed by atoms with Gasteiger partial charge < -0.3 is 4.90 Å². The largest absolute Gasteiger partial charge is 0.336 e. The van der Waals surface area contributed by atoms with Crippen LogP contribution in [0.3, 0.4) is 0 Å². The zero-order valence-corrected chi connectivity index (χ0v) is 12.5. The van der Waals surface area contributed by atoms with Crippen molar-refractivity contribution >= 4 is 35.0 Å². The lowest BCUT2D eigenvalue weighted by atomic mass is 9.70. The Morgan fingerprint density at radius 3 is 2.27 bits per heavy atom. The Labute approximate surface area is 132 Å². The Kier molecular flexibility index (Phi) is 2.72. The topological polar surface area (TPSA) is 57.7 Å². The molecule has 4 unspecified atom stereocenters. The highest BCUT2D eigenvalue weighted by molar-refractivity contribution is 6.33. The van der Waals surface area contributed by atoms with Gasteiger partial charge in [0.2, 0.25) is 17.7 Å². The molecule has 5 nitrogen and oxygen atoms in total. The van der Waals surface area contributed by atoms with Gasteiger partial charge in [0, 0.05) is 12.1 Å². The number of imide groups is 1. The number of nitrogens with zero attached hydrogens (tertiary/aromatic N) is 2. The predicted molar refractivity (Wildman–Crippen MR) is 79.9 cm³/mol. The van der Waals surface area contributed by atoms with E-state index in [1.54, 1.807) is 37.4 Å². The minimum Gasteiger partial charge on any atom is -0.336 e. The first-order valence-corrected chi connectivity index (χ1v) is 7.47. The van der Waals surface area contributed by atoms with Crippen LogP contribution in [0, 0.1) is 17.8 Å². The molecule has 22 heavy (non-hydrogen) atoms. The first-order chi connectivity index (χ1) is 10.5. The van der Waals surface area contributed by atoms with Crippen LogP contribution in [0.2, 0.25) is 0 Å². The number of amides is 3. The molecule has 112 valence electrons. The molecule has 3 heterocycles. The fourth-order valence-corrected chi connectivity index (χ4v) is 4.24. The second kappa shape index (κ2) is 4.43. The van der Waals surface area contributed by atoms with Gasteiger partial charge in [-0.2, -0.15) is 0 Å². The molecule has 0 N–H and O–H groups in total. The number of hydrogen-bond acceptors (Lipinski definition) is 3. The summed E-state index contributed by atoms with van der Waals surface area (Å²) in [6.45, 7) is 0. The van der Waals surface area contributed by atoms with Crippen LogP contribution in [0.5, 0.6) is 0 Å². The van der Waals surface area contributed by atoms with Crippen LogP contribution < -0.4 is 4.90 Å². The summed E-state index contributed by atoms with van der Waals surface area (Å²) in [5, 5.41) is 0.476. The summed E-state index contributed by atoms with van der Waals surface area (Å²) >= 11 is 6.23. The summed E-state index contributed by atoms with van der Waals surface area (Å²) in [5.74, 6) is -2.59. The van der Waals surface area contributed by atoms with Gasteiger partial charge in [-0.25, -0.2) is 4.90 Å². The van der Waals surface area contributed by atoms with Crippen molar-refractivity contribution in [2.75, 3.05) is 11.9 Å². The number of anilines is 1. The molecule has 0 radical (unpaired) electrons. The number of fused-ring (bicyclic) bond motifs is 1. The van der Waals surface area contributed by atoms with Crippen molar-refractivity contribution in [3.8, 4) is 0 Å². The Hall–Kier alpha value is -2.14. The molecule has 3 amide bonds. The SMILES string of the molecule is CN1C(=O)C2C=C(Cl)C1C1C(=O)N(c3ccccc3)C(=O)C21. The van der Waals surface area contributed by atoms with Crippen LogP contribution in [-0.2, 0) is 14.4 Å². The van der Waals surface area contributed by atoms with Crippen molar-refractivity contribution < 1.29 is 14.4 Å². The molecule has 4 atom stereocenters. The average molecular weight is 317 g/mol. The fraction of sp³-hybridized carbons (Fsp3) is 0.312. The number of likely N-dealkylation sites (N-methyl/N-ethyl adjacent to an activating group) is 1. The van der Waals surface area contributed by atoms with E-state index in [1.807, 2.05) is 6.07 Å². The highest BCUT2D eigenvalue weighted by Crippen LogP contribution is 2.49. The van der Waals surface area contributed by atoms with E-state index in [2.05, 4.69) is 0 Å². The molecule has 1 aromatic carbocycles. The lowest BCUT2D eigenvalue weighted by Crippen LogP contribution is -2.59. The van der Waals surface area contributed by atoms with E-state index < -0.39 is 23.8 Å². The number of hydrogen-bond donors (Lipinski definition) is 0. The van der Waals surface area contributed by atoms with E-state index in [4.69, 9.17) is 11.6 Å². The monoisotopic (exact) mass is 316 g/mol. The van der Waals surface area contributed by atoms with E-state index >= 15 is 0 Å². The van der Waals surface area contributed by atoms with Gasteiger partial charge >= 0.3 is 0 Å². The molecule has 2 fully saturated rings. The summed E-state index contributed by atoms with van der Waals surface area (Å²) in [6, 6.07) is 8.27. The molecule has 0 spiro atoms. The molecule has 1 aliphatic carbocycles. The Morgan fingerprint density at radius 1 is 0.955 bits per heavy atom. The van der Waals surface area contributed by atoms with Gasteiger partial charge in [0.05, 0.1) is 29.5 Å². The molecule has 3 aliphatic heterocycles. The number of piperidine rings is 1. The van der Waals surface area contributed by atoms with Crippen LogP contribution in [0.4, 0.5) is 5.69 Å². The van der Waals surface area contributed by atoms with Crippen molar-refractivity contribution in [3.05, 3.63) is 41.4 Å². The maximum absolute atomic E-state index is 12.8. The summed E-state index contributed by atoms with van der Waals surface area (Å²) in [5.41, 5.74) is 0.539. The highest BCUT2D eigenvalue weighted by atomic mass is 35.5. The minimum atomic E-state index is -0.641. The van der Waals surface area contributed by atoms with E-state index in [0.717, 1.165) is 0 Å². The van der Waals surface area contributed by atoms with Gasteiger partial charge in [0.1, 0.15) is 0 Å². The molecule has 5 rings (SSSR count). The zero-order valence-electron chi connectivity index (χ0n) is 11.8. The van der Waals surface area contributed by atoms with Gasteiger partial charge in [0.15, 0.2) is 0 Å². The Balaban J connectivity index is 1.82. The number of carbonyl (C=O) groups is 3. The first kappa shape index (κ1) is 13.5. The van der Waals surface area contributed by atoms with Crippen LogP contribution in [-0.4, -0.2) is 35.7 Å². The number of rotatable bonds is 1. The smallest absolute Gasteiger partial charge is 0.240 e. The Bertz CT molecular complexity index is 730. The standard InChI is InChI=1S/C16H13ClN2O3/c1-18-13-10(17)7-9(14(18)20)11-12(13)16(22)19(15(11)21)8-5-3-2-4-6-8/h2-7,9,11-13H,1H3. The highest BCUT2D eigenvalue weighted by Gasteiger charge is 2.63. The van der Waals surface area contributed by atoms with E-state index in [-0.39, 0.29) is 17.7 Å². The van der Waals surface area contributed by atoms with Crippen molar-refractivity contribution in [2.45, 2.75) is 6.04 Å². The van der Waals surface area contributed by atoms with Crippen molar-refractivity contribution in [2.24, 2.45) is 17.8 Å². The second-order valence-electron chi connectivity index (χ2n) is 5.87. The third-order valence-corrected chi connectivity index (χ3v) is 5.16. The molecule has 6 heteroatoms. The fourth-order valence-electron chi connectivity index (χ4n) is 3.82. The lowest BCUT2D eigenvalue weighted by Gasteiger charge is -2.45. The lowest BCUT2D eigenvalue weighted by molar-refractivity contribution is -0.148. The quantitative estimate of drug-likeness (QED) is 0.736. The van der Waals surface area contributed by atoms with Gasteiger partial charge in [-0.05, 0) is 12.1 Å². The molecular weight excluding hydrogens is 304 g/mol. The normalized spacial score (nSPS) is 33.4. The summed E-state index contributed by atoms with van der Waals surface area (Å²) in [4.78, 5) is 40.6. The number of benzene rings is 1. The number of carbonyl (C=O) groups excluding carboxylic acids is 3. The zero-order chi connectivity index (χ0) is 15.6. The third-order valence-electron chi connectivity index (χ3n) is 4.81. The minimum absolute atomic E-state index is 0.147. The molecule has 0 saturated carbocycles. The molecule has 0 aromatic heterocycles. The second-order valence-corrected chi connectivity index (χ2v) is 6.31. The third kappa shape index (κ3) is 1.52. The van der Waals surface area contributed by atoms with Gasteiger partial charge in [-0.3, -0.25) is 14.4 Å². The maximum Gasteiger partial charge on any atom is 0.240 e.